The number of carbonyl (C=O) groups is 1. The number of phenolic OH excluding ortho intramolecular Hbond substituents is 2. The van der Waals surface area contributed by atoms with Gasteiger partial charge in [-0.2, -0.15) is 0 Å². The lowest BCUT2D eigenvalue weighted by atomic mass is 10.0. The van der Waals surface area contributed by atoms with Crippen LogP contribution in [0.25, 0.3) is 11.0 Å². The molecule has 0 radical (unpaired) electrons. The highest BCUT2D eigenvalue weighted by atomic mass is 35.5. The van der Waals surface area contributed by atoms with E-state index in [0.717, 1.165) is 0 Å². The second kappa shape index (κ2) is 5.61. The van der Waals surface area contributed by atoms with Crippen molar-refractivity contribution < 1.29 is 19.4 Å². The molecular formula is C16H8Cl2O5. The molecule has 3 rings (SSSR count). The van der Waals surface area contributed by atoms with Crippen LogP contribution in [0.15, 0.2) is 45.6 Å². The fourth-order valence-corrected chi connectivity index (χ4v) is 2.63. The van der Waals surface area contributed by atoms with Crippen molar-refractivity contribution >= 4 is 40.0 Å². The van der Waals surface area contributed by atoms with Gasteiger partial charge in [0, 0.05) is 16.0 Å². The maximum Gasteiger partial charge on any atom is 0.347 e. The van der Waals surface area contributed by atoms with Crippen LogP contribution in [0, 0.1) is 0 Å². The Morgan fingerprint density at radius 2 is 1.74 bits per heavy atom. The topological polar surface area (TPSA) is 87.7 Å². The molecule has 2 N–H and O–H groups in total. The van der Waals surface area contributed by atoms with E-state index in [4.69, 9.17) is 27.6 Å². The van der Waals surface area contributed by atoms with E-state index in [-0.39, 0.29) is 27.1 Å². The maximum absolute atomic E-state index is 12.5. The van der Waals surface area contributed by atoms with Gasteiger partial charge >= 0.3 is 5.63 Å². The summed E-state index contributed by atoms with van der Waals surface area (Å²) in [6, 6.07) is 8.18. The van der Waals surface area contributed by atoms with Crippen molar-refractivity contribution in [2.24, 2.45) is 0 Å². The summed E-state index contributed by atoms with van der Waals surface area (Å²) in [5, 5.41) is 19.9. The minimum absolute atomic E-state index is 0.103. The number of phenols is 2. The molecule has 116 valence electrons. The molecule has 23 heavy (non-hydrogen) atoms. The van der Waals surface area contributed by atoms with Gasteiger partial charge < -0.3 is 14.6 Å². The number of carbonyl (C=O) groups excluding carboxylic acids is 1. The van der Waals surface area contributed by atoms with E-state index in [1.807, 2.05) is 0 Å². The van der Waals surface area contributed by atoms with Crippen LogP contribution in [0.3, 0.4) is 0 Å². The van der Waals surface area contributed by atoms with Gasteiger partial charge in [-0.3, -0.25) is 4.79 Å². The quantitative estimate of drug-likeness (QED) is 0.417. The first-order chi connectivity index (χ1) is 10.9. The van der Waals surface area contributed by atoms with Crippen LogP contribution in [0.2, 0.25) is 10.0 Å². The average Bonchev–Trinajstić information content (AvgIpc) is 2.50. The molecule has 0 saturated heterocycles. The zero-order chi connectivity index (χ0) is 16.7. The number of rotatable bonds is 2. The molecule has 0 bridgehead atoms. The summed E-state index contributed by atoms with van der Waals surface area (Å²) < 4.78 is 4.96. The lowest BCUT2D eigenvalue weighted by Gasteiger charge is -2.06. The Labute approximate surface area is 139 Å². The molecule has 7 heteroatoms. The van der Waals surface area contributed by atoms with Gasteiger partial charge in [0.05, 0.1) is 5.02 Å². The summed E-state index contributed by atoms with van der Waals surface area (Å²) >= 11 is 11.8. The Hall–Kier alpha value is -2.50. The first-order valence-corrected chi connectivity index (χ1v) is 7.12. The number of benzene rings is 2. The van der Waals surface area contributed by atoms with Crippen molar-refractivity contribution in [1.29, 1.82) is 0 Å². The van der Waals surface area contributed by atoms with Crippen LogP contribution in [0.1, 0.15) is 15.9 Å². The summed E-state index contributed by atoms with van der Waals surface area (Å²) in [7, 11) is 0. The third-order valence-electron chi connectivity index (χ3n) is 3.28. The molecule has 0 aliphatic rings. The molecule has 1 heterocycles. The molecule has 0 spiro atoms. The Kier molecular flexibility index (Phi) is 3.75. The fraction of sp³-hybridized carbons (Fsp3) is 0. The van der Waals surface area contributed by atoms with Gasteiger partial charge in [0.2, 0.25) is 11.5 Å². The van der Waals surface area contributed by atoms with Crippen LogP contribution in [0.5, 0.6) is 11.5 Å². The molecule has 5 nitrogen and oxygen atoms in total. The Bertz CT molecular complexity index is 1010. The van der Waals surface area contributed by atoms with E-state index in [9.17, 15) is 19.8 Å². The van der Waals surface area contributed by atoms with Crippen molar-refractivity contribution in [3.8, 4) is 11.5 Å². The number of hydrogen-bond donors (Lipinski definition) is 2. The van der Waals surface area contributed by atoms with E-state index >= 15 is 0 Å². The predicted molar refractivity (Wildman–Crippen MR) is 85.7 cm³/mol. The van der Waals surface area contributed by atoms with E-state index in [2.05, 4.69) is 0 Å². The number of aromatic hydroxyl groups is 2. The van der Waals surface area contributed by atoms with E-state index < -0.39 is 22.9 Å². The molecule has 3 aromatic rings. The highest BCUT2D eigenvalue weighted by Crippen LogP contribution is 2.33. The molecule has 0 aliphatic heterocycles. The number of hydrogen-bond acceptors (Lipinski definition) is 5. The summed E-state index contributed by atoms with van der Waals surface area (Å²) in [5.74, 6) is -1.63. The fourth-order valence-electron chi connectivity index (χ4n) is 2.14. The van der Waals surface area contributed by atoms with Crippen LogP contribution in [0.4, 0.5) is 0 Å². The molecule has 0 aliphatic carbocycles. The lowest BCUT2D eigenvalue weighted by Crippen LogP contribution is -2.15. The molecule has 0 fully saturated rings. The number of fused-ring (bicyclic) bond motifs is 1. The smallest absolute Gasteiger partial charge is 0.347 e. The highest BCUT2D eigenvalue weighted by molar-refractivity contribution is 6.37. The molecule has 0 amide bonds. The largest absolute Gasteiger partial charge is 0.504 e. The summed E-state index contributed by atoms with van der Waals surface area (Å²) in [5.41, 5.74) is -1.29. The minimum atomic E-state index is -0.950. The molecule has 0 saturated carbocycles. The van der Waals surface area contributed by atoms with Gasteiger partial charge in [-0.15, -0.1) is 0 Å². The van der Waals surface area contributed by atoms with Crippen molar-refractivity contribution in [2.75, 3.05) is 0 Å². The van der Waals surface area contributed by atoms with Crippen molar-refractivity contribution in [3.63, 3.8) is 0 Å². The monoisotopic (exact) mass is 350 g/mol. The first kappa shape index (κ1) is 15.4. The minimum Gasteiger partial charge on any atom is -0.504 e. The zero-order valence-electron chi connectivity index (χ0n) is 11.3. The van der Waals surface area contributed by atoms with Crippen LogP contribution in [-0.4, -0.2) is 16.0 Å². The van der Waals surface area contributed by atoms with Crippen LogP contribution < -0.4 is 5.63 Å². The SMILES string of the molecule is O=C(c1ccc(Cl)cc1Cl)c1cc2ccc(O)c(O)c2oc1=O. The van der Waals surface area contributed by atoms with Gasteiger partial charge in [0.15, 0.2) is 11.3 Å². The molecule has 1 aromatic heterocycles. The van der Waals surface area contributed by atoms with Crippen molar-refractivity contribution in [1.82, 2.24) is 0 Å². The standard InChI is InChI=1S/C16H8Cl2O5/c17-8-2-3-9(11(18)6-8)13(20)10-5-7-1-4-12(19)14(21)15(7)23-16(10)22/h1-6,19,21H. The van der Waals surface area contributed by atoms with E-state index in [1.165, 1.54) is 36.4 Å². The molecule has 2 aromatic carbocycles. The number of ketones is 1. The van der Waals surface area contributed by atoms with Crippen molar-refractivity contribution in [2.45, 2.75) is 0 Å². The van der Waals surface area contributed by atoms with Gasteiger partial charge in [-0.05, 0) is 36.4 Å². The Balaban J connectivity index is 2.20. The van der Waals surface area contributed by atoms with Crippen LogP contribution >= 0.6 is 23.2 Å². The van der Waals surface area contributed by atoms with Gasteiger partial charge in [0.25, 0.3) is 0 Å². The van der Waals surface area contributed by atoms with Gasteiger partial charge in [-0.1, -0.05) is 23.2 Å². The van der Waals surface area contributed by atoms with Gasteiger partial charge in [-0.25, -0.2) is 4.79 Å². The van der Waals surface area contributed by atoms with Gasteiger partial charge in [0.1, 0.15) is 5.56 Å². The number of halogens is 2. The third-order valence-corrected chi connectivity index (χ3v) is 3.82. The lowest BCUT2D eigenvalue weighted by molar-refractivity contribution is 0.103. The molecule has 0 unspecified atom stereocenters. The van der Waals surface area contributed by atoms with E-state index in [1.54, 1.807) is 0 Å². The average molecular weight is 351 g/mol. The van der Waals surface area contributed by atoms with E-state index in [0.29, 0.717) is 5.02 Å². The van der Waals surface area contributed by atoms with Crippen molar-refractivity contribution in [3.05, 3.63) is 68.0 Å². The second-order valence-corrected chi connectivity index (χ2v) is 5.60. The Morgan fingerprint density at radius 1 is 1.00 bits per heavy atom. The Morgan fingerprint density at radius 3 is 2.43 bits per heavy atom. The first-order valence-electron chi connectivity index (χ1n) is 6.37. The highest BCUT2D eigenvalue weighted by Gasteiger charge is 2.20. The zero-order valence-corrected chi connectivity index (χ0v) is 12.9. The summed E-state index contributed by atoms with van der Waals surface area (Å²) in [6.45, 7) is 0. The molecular weight excluding hydrogens is 343 g/mol. The second-order valence-electron chi connectivity index (χ2n) is 4.75. The summed E-state index contributed by atoms with van der Waals surface area (Å²) in [4.78, 5) is 24.5. The summed E-state index contributed by atoms with van der Waals surface area (Å²) in [6.07, 6.45) is 0. The third kappa shape index (κ3) is 2.65. The normalized spacial score (nSPS) is 10.9. The maximum atomic E-state index is 12.5. The predicted octanol–water partition coefficient (Wildman–Crippen LogP) is 3.74. The molecule has 0 atom stereocenters. The van der Waals surface area contributed by atoms with Crippen LogP contribution in [-0.2, 0) is 0 Å².